The molecule has 0 aliphatic heterocycles. The molecule has 5 nitrogen and oxygen atoms in total. The van der Waals surface area contributed by atoms with Gasteiger partial charge in [0.15, 0.2) is 17.7 Å². The Morgan fingerprint density at radius 1 is 1.56 bits per heavy atom. The van der Waals surface area contributed by atoms with Crippen molar-refractivity contribution in [3.8, 4) is 5.75 Å². The average molecular weight is 256 g/mol. The Hall–Kier alpha value is -1.82. The van der Waals surface area contributed by atoms with Crippen LogP contribution in [-0.2, 0) is 9.53 Å². The quantitative estimate of drug-likeness (QED) is 0.587. The maximum Gasteiger partial charge on any atom is 0.260 e. The summed E-state index contributed by atoms with van der Waals surface area (Å²) in [6.45, 7) is 2.33. The molecule has 1 atom stereocenters. The minimum atomic E-state index is -0.792. The molecule has 0 saturated carbocycles. The van der Waals surface area contributed by atoms with E-state index in [2.05, 4.69) is 5.32 Å². The maximum absolute atomic E-state index is 13.4. The van der Waals surface area contributed by atoms with Crippen LogP contribution in [0.5, 0.6) is 5.75 Å². The molecule has 100 valence electrons. The van der Waals surface area contributed by atoms with E-state index in [9.17, 15) is 9.18 Å². The summed E-state index contributed by atoms with van der Waals surface area (Å²) in [7, 11) is 1.54. The fraction of sp³-hybridized carbons (Fsp3) is 0.417. The van der Waals surface area contributed by atoms with Gasteiger partial charge in [0.2, 0.25) is 0 Å². The second-order valence-corrected chi connectivity index (χ2v) is 3.73. The Kier molecular flexibility index (Phi) is 5.38. The lowest BCUT2D eigenvalue weighted by Crippen LogP contribution is -2.38. The number of nitrogen functional groups attached to an aromatic ring is 1. The van der Waals surface area contributed by atoms with E-state index in [-0.39, 0.29) is 11.7 Å². The summed E-state index contributed by atoms with van der Waals surface area (Å²) in [6.07, 6.45) is -0.792. The first-order valence-electron chi connectivity index (χ1n) is 5.53. The number of carbonyl (C=O) groups excluding carboxylic acids is 1. The van der Waals surface area contributed by atoms with Crippen LogP contribution in [0.15, 0.2) is 18.2 Å². The second kappa shape index (κ2) is 6.80. The molecule has 0 aliphatic rings. The molecule has 0 bridgehead atoms. The molecule has 3 N–H and O–H groups in total. The minimum absolute atomic E-state index is 0.00130. The largest absolute Gasteiger partial charge is 0.478 e. The van der Waals surface area contributed by atoms with Crippen molar-refractivity contribution in [2.24, 2.45) is 0 Å². The third-order valence-corrected chi connectivity index (χ3v) is 2.23. The van der Waals surface area contributed by atoms with Gasteiger partial charge in [0.1, 0.15) is 0 Å². The number of hydrogen-bond donors (Lipinski definition) is 2. The fourth-order valence-corrected chi connectivity index (χ4v) is 1.28. The van der Waals surface area contributed by atoms with Crippen LogP contribution < -0.4 is 15.8 Å². The van der Waals surface area contributed by atoms with Crippen molar-refractivity contribution in [2.45, 2.75) is 13.0 Å². The molecule has 1 aromatic carbocycles. The summed E-state index contributed by atoms with van der Waals surface area (Å²) in [5.74, 6) is -0.923. The summed E-state index contributed by atoms with van der Waals surface area (Å²) in [5.41, 5.74) is 5.71. The molecule has 1 aromatic rings. The highest BCUT2D eigenvalue weighted by molar-refractivity contribution is 5.80. The number of carbonyl (C=O) groups is 1. The van der Waals surface area contributed by atoms with Crippen molar-refractivity contribution in [2.75, 3.05) is 26.0 Å². The van der Waals surface area contributed by atoms with Gasteiger partial charge in [-0.15, -0.1) is 0 Å². The van der Waals surface area contributed by atoms with Gasteiger partial charge in [-0.05, 0) is 19.1 Å². The van der Waals surface area contributed by atoms with Gasteiger partial charge < -0.3 is 20.5 Å². The van der Waals surface area contributed by atoms with Gasteiger partial charge in [0.25, 0.3) is 5.91 Å². The predicted octanol–water partition coefficient (Wildman–Crippen LogP) is 0.938. The topological polar surface area (TPSA) is 73.6 Å². The summed E-state index contributed by atoms with van der Waals surface area (Å²) < 4.78 is 23.4. The molecule has 0 saturated heterocycles. The van der Waals surface area contributed by atoms with Crippen LogP contribution in [0.25, 0.3) is 0 Å². The molecule has 18 heavy (non-hydrogen) atoms. The van der Waals surface area contributed by atoms with Gasteiger partial charge >= 0.3 is 0 Å². The number of anilines is 1. The van der Waals surface area contributed by atoms with Crippen LogP contribution in [0.4, 0.5) is 10.1 Å². The molecule has 0 aliphatic carbocycles. The number of halogens is 1. The van der Waals surface area contributed by atoms with Crippen LogP contribution in [-0.4, -0.2) is 32.3 Å². The molecule has 0 aromatic heterocycles. The minimum Gasteiger partial charge on any atom is -0.478 e. The summed E-state index contributed by atoms with van der Waals surface area (Å²) in [6, 6.07) is 4.04. The monoisotopic (exact) mass is 256 g/mol. The first kappa shape index (κ1) is 14.2. The van der Waals surface area contributed by atoms with Crippen molar-refractivity contribution in [3.05, 3.63) is 24.0 Å². The van der Waals surface area contributed by atoms with Gasteiger partial charge in [0.05, 0.1) is 6.61 Å². The highest BCUT2D eigenvalue weighted by Gasteiger charge is 2.16. The van der Waals surface area contributed by atoms with Crippen molar-refractivity contribution in [1.29, 1.82) is 0 Å². The van der Waals surface area contributed by atoms with E-state index in [1.165, 1.54) is 26.2 Å². The van der Waals surface area contributed by atoms with E-state index in [0.29, 0.717) is 18.8 Å². The van der Waals surface area contributed by atoms with Gasteiger partial charge in [-0.2, -0.15) is 0 Å². The van der Waals surface area contributed by atoms with Gasteiger partial charge in [-0.25, -0.2) is 4.39 Å². The lowest BCUT2D eigenvalue weighted by Gasteiger charge is -2.15. The Balaban J connectivity index is 2.53. The summed E-state index contributed by atoms with van der Waals surface area (Å²) in [5, 5.41) is 2.60. The van der Waals surface area contributed by atoms with E-state index in [1.807, 2.05) is 0 Å². The van der Waals surface area contributed by atoms with Crippen LogP contribution >= 0.6 is 0 Å². The zero-order valence-corrected chi connectivity index (χ0v) is 10.4. The Morgan fingerprint density at radius 3 is 2.89 bits per heavy atom. The third kappa shape index (κ3) is 4.21. The molecule has 1 rings (SSSR count). The number of ether oxygens (including phenoxy) is 2. The smallest absolute Gasteiger partial charge is 0.260 e. The number of hydrogen-bond acceptors (Lipinski definition) is 4. The van der Waals surface area contributed by atoms with Crippen molar-refractivity contribution in [1.82, 2.24) is 5.32 Å². The van der Waals surface area contributed by atoms with E-state index in [0.717, 1.165) is 6.07 Å². The zero-order valence-electron chi connectivity index (χ0n) is 10.4. The molecule has 0 radical (unpaired) electrons. The van der Waals surface area contributed by atoms with Crippen LogP contribution in [0, 0.1) is 5.82 Å². The molecular formula is C12H17FN2O3. The van der Waals surface area contributed by atoms with Crippen LogP contribution in [0.3, 0.4) is 0 Å². The van der Waals surface area contributed by atoms with E-state index in [4.69, 9.17) is 15.2 Å². The molecule has 0 spiro atoms. The normalized spacial score (nSPS) is 11.9. The van der Waals surface area contributed by atoms with E-state index in [1.54, 1.807) is 0 Å². The highest BCUT2D eigenvalue weighted by atomic mass is 19.1. The summed E-state index contributed by atoms with van der Waals surface area (Å²) in [4.78, 5) is 11.6. The zero-order chi connectivity index (χ0) is 13.5. The number of amides is 1. The van der Waals surface area contributed by atoms with Crippen LogP contribution in [0.2, 0.25) is 0 Å². The first-order chi connectivity index (χ1) is 8.54. The number of nitrogens with two attached hydrogens (primary N) is 1. The average Bonchev–Trinajstić information content (AvgIpc) is 2.32. The van der Waals surface area contributed by atoms with Crippen molar-refractivity contribution in [3.63, 3.8) is 0 Å². The Bertz CT molecular complexity index is 412. The molecular weight excluding hydrogens is 239 g/mol. The summed E-state index contributed by atoms with van der Waals surface area (Å²) >= 11 is 0. The lowest BCUT2D eigenvalue weighted by atomic mass is 10.3. The van der Waals surface area contributed by atoms with Gasteiger partial charge in [-0.1, -0.05) is 0 Å². The molecule has 6 heteroatoms. The van der Waals surface area contributed by atoms with Gasteiger partial charge in [-0.3, -0.25) is 4.79 Å². The van der Waals surface area contributed by atoms with E-state index >= 15 is 0 Å². The Labute approximate surface area is 105 Å². The number of rotatable bonds is 6. The second-order valence-electron chi connectivity index (χ2n) is 3.73. The SMILES string of the molecule is COCCNC(=O)C(C)Oc1ccc(N)cc1F. The highest BCUT2D eigenvalue weighted by Crippen LogP contribution is 2.20. The van der Waals surface area contributed by atoms with Crippen molar-refractivity contribution >= 4 is 11.6 Å². The van der Waals surface area contributed by atoms with Gasteiger partial charge in [0, 0.05) is 25.4 Å². The number of methoxy groups -OCH3 is 1. The molecule has 0 fully saturated rings. The third-order valence-electron chi connectivity index (χ3n) is 2.23. The molecule has 1 unspecified atom stereocenters. The van der Waals surface area contributed by atoms with Crippen molar-refractivity contribution < 1.29 is 18.7 Å². The molecule has 1 amide bonds. The Morgan fingerprint density at radius 2 is 2.28 bits per heavy atom. The van der Waals surface area contributed by atoms with E-state index < -0.39 is 11.9 Å². The molecule has 0 heterocycles. The maximum atomic E-state index is 13.4. The fourth-order valence-electron chi connectivity index (χ4n) is 1.28. The number of benzene rings is 1. The first-order valence-corrected chi connectivity index (χ1v) is 5.53. The van der Waals surface area contributed by atoms with Crippen LogP contribution in [0.1, 0.15) is 6.92 Å². The number of nitrogens with one attached hydrogen (secondary N) is 1. The standard InChI is InChI=1S/C12H17FN2O3/c1-8(12(16)15-5-6-17-2)18-11-4-3-9(14)7-10(11)13/h3-4,7-8H,5-6,14H2,1-2H3,(H,15,16). The predicted molar refractivity (Wildman–Crippen MR) is 65.8 cm³/mol. The lowest BCUT2D eigenvalue weighted by molar-refractivity contribution is -0.127.